The van der Waals surface area contributed by atoms with Crippen molar-refractivity contribution >= 4 is 51.0 Å². The van der Waals surface area contributed by atoms with Crippen LogP contribution in [0.2, 0.25) is 0 Å². The summed E-state index contributed by atoms with van der Waals surface area (Å²) < 4.78 is 2.91. The molecule has 0 saturated carbocycles. The van der Waals surface area contributed by atoms with E-state index in [1.165, 1.54) is 11.8 Å². The fourth-order valence-corrected chi connectivity index (χ4v) is 3.75. The largest absolute Gasteiger partial charge is 0.325 e. The van der Waals surface area contributed by atoms with Crippen molar-refractivity contribution in [3.63, 3.8) is 0 Å². The van der Waals surface area contributed by atoms with E-state index in [4.69, 9.17) is 0 Å². The molecule has 0 aliphatic rings. The van der Waals surface area contributed by atoms with E-state index in [1.807, 2.05) is 66.4 Å². The summed E-state index contributed by atoms with van der Waals surface area (Å²) in [6, 6.07) is 15.7. The fourth-order valence-electron chi connectivity index (χ4n) is 2.32. The van der Waals surface area contributed by atoms with Gasteiger partial charge in [-0.05, 0) is 36.6 Å². The summed E-state index contributed by atoms with van der Waals surface area (Å²) in [6.07, 6.45) is 2.01. The van der Waals surface area contributed by atoms with Gasteiger partial charge in [0.15, 0.2) is 11.0 Å². The number of hydrogen-bond acceptors (Lipinski definition) is 5. The molecule has 1 aromatic heterocycles. The van der Waals surface area contributed by atoms with E-state index in [-0.39, 0.29) is 11.7 Å². The minimum absolute atomic E-state index is 0.0681. The van der Waals surface area contributed by atoms with Crippen LogP contribution in [0, 0.1) is 0 Å². The molecule has 8 heteroatoms. The number of nitrogens with zero attached hydrogens (tertiary/aromatic N) is 3. The first-order chi connectivity index (χ1) is 12.6. The molecule has 0 unspecified atom stereocenters. The number of amides is 1. The second-order valence-corrected chi connectivity index (χ2v) is 8.18. The molecule has 134 valence electrons. The van der Waals surface area contributed by atoms with Crippen molar-refractivity contribution in [1.29, 1.82) is 0 Å². The van der Waals surface area contributed by atoms with E-state index in [9.17, 15) is 4.79 Å². The second kappa shape index (κ2) is 8.75. The molecule has 0 atom stereocenters. The first kappa shape index (κ1) is 19.0. The molecule has 0 aliphatic heterocycles. The van der Waals surface area contributed by atoms with Crippen LogP contribution in [0.1, 0.15) is 0 Å². The highest BCUT2D eigenvalue weighted by Gasteiger charge is 2.13. The van der Waals surface area contributed by atoms with Crippen LogP contribution in [-0.2, 0) is 11.8 Å². The highest BCUT2D eigenvalue weighted by atomic mass is 79.9. The van der Waals surface area contributed by atoms with Gasteiger partial charge in [-0.25, -0.2) is 0 Å². The number of halogens is 1. The number of benzene rings is 2. The minimum atomic E-state index is -0.0681. The molecule has 3 aromatic rings. The number of rotatable bonds is 6. The first-order valence-electron chi connectivity index (χ1n) is 7.79. The van der Waals surface area contributed by atoms with Gasteiger partial charge in [0.05, 0.1) is 5.75 Å². The quantitative estimate of drug-likeness (QED) is 0.553. The Labute approximate surface area is 169 Å². The number of hydrogen-bond donors (Lipinski definition) is 1. The van der Waals surface area contributed by atoms with E-state index in [0.29, 0.717) is 5.16 Å². The van der Waals surface area contributed by atoms with Gasteiger partial charge in [0, 0.05) is 27.7 Å². The third-order valence-corrected chi connectivity index (χ3v) is 5.90. The Morgan fingerprint density at radius 1 is 1.19 bits per heavy atom. The van der Waals surface area contributed by atoms with Gasteiger partial charge in [-0.2, -0.15) is 0 Å². The number of thioether (sulfide) groups is 2. The van der Waals surface area contributed by atoms with Crippen LogP contribution < -0.4 is 5.32 Å². The lowest BCUT2D eigenvalue weighted by Crippen LogP contribution is -2.14. The van der Waals surface area contributed by atoms with Crippen molar-refractivity contribution < 1.29 is 4.79 Å². The SMILES string of the molecule is CSc1cccc(NC(=O)CSc2nnc(-c3ccc(Br)cc3)n2C)c1. The number of anilines is 1. The molecule has 0 bridgehead atoms. The molecule has 0 radical (unpaired) electrons. The molecule has 0 spiro atoms. The van der Waals surface area contributed by atoms with Gasteiger partial charge >= 0.3 is 0 Å². The maximum absolute atomic E-state index is 12.2. The molecule has 2 aromatic carbocycles. The van der Waals surface area contributed by atoms with E-state index in [0.717, 1.165) is 26.4 Å². The molecule has 1 N–H and O–H groups in total. The summed E-state index contributed by atoms with van der Waals surface area (Å²) >= 11 is 6.43. The van der Waals surface area contributed by atoms with E-state index >= 15 is 0 Å². The van der Waals surface area contributed by atoms with Crippen molar-refractivity contribution in [1.82, 2.24) is 14.8 Å². The molecular weight excluding hydrogens is 432 g/mol. The predicted octanol–water partition coefficient (Wildman–Crippen LogP) is 4.70. The summed E-state index contributed by atoms with van der Waals surface area (Å²) in [5, 5.41) is 12.1. The van der Waals surface area contributed by atoms with Crippen molar-refractivity contribution in [2.45, 2.75) is 10.1 Å². The molecule has 0 fully saturated rings. The van der Waals surface area contributed by atoms with Gasteiger partial charge in [0.1, 0.15) is 0 Å². The monoisotopic (exact) mass is 448 g/mol. The summed E-state index contributed by atoms with van der Waals surface area (Å²) in [5.41, 5.74) is 1.78. The first-order valence-corrected chi connectivity index (χ1v) is 10.8. The average Bonchev–Trinajstić information content (AvgIpc) is 3.01. The molecule has 5 nitrogen and oxygen atoms in total. The maximum atomic E-state index is 12.2. The molecule has 3 rings (SSSR count). The van der Waals surface area contributed by atoms with Crippen molar-refractivity contribution in [2.24, 2.45) is 7.05 Å². The summed E-state index contributed by atoms with van der Waals surface area (Å²) in [4.78, 5) is 13.3. The van der Waals surface area contributed by atoms with Crippen LogP contribution in [0.25, 0.3) is 11.4 Å². The van der Waals surface area contributed by atoms with Crippen LogP contribution in [-0.4, -0.2) is 32.7 Å². The van der Waals surface area contributed by atoms with Crippen molar-refractivity contribution in [3.05, 3.63) is 53.0 Å². The van der Waals surface area contributed by atoms with Gasteiger partial charge in [0.2, 0.25) is 5.91 Å². The molecule has 0 saturated heterocycles. The molecule has 26 heavy (non-hydrogen) atoms. The highest BCUT2D eigenvalue weighted by Crippen LogP contribution is 2.24. The summed E-state index contributed by atoms with van der Waals surface area (Å²) in [7, 11) is 1.90. The summed E-state index contributed by atoms with van der Waals surface area (Å²) in [5.74, 6) is 0.977. The van der Waals surface area contributed by atoms with Crippen molar-refractivity contribution in [2.75, 3.05) is 17.3 Å². The van der Waals surface area contributed by atoms with Gasteiger partial charge in [-0.15, -0.1) is 22.0 Å². The van der Waals surface area contributed by atoms with Gasteiger partial charge in [0.25, 0.3) is 0 Å². The second-order valence-electron chi connectivity index (χ2n) is 5.44. The standard InChI is InChI=1S/C18H17BrN4OS2/c1-23-17(12-6-8-13(19)9-7-12)21-22-18(23)26-11-16(24)20-14-4-3-5-15(10-14)25-2/h3-10H,11H2,1-2H3,(H,20,24). The van der Waals surface area contributed by atoms with Crippen LogP contribution in [0.4, 0.5) is 5.69 Å². The zero-order valence-corrected chi connectivity index (χ0v) is 17.5. The normalized spacial score (nSPS) is 10.7. The summed E-state index contributed by atoms with van der Waals surface area (Å²) in [6.45, 7) is 0. The lowest BCUT2D eigenvalue weighted by molar-refractivity contribution is -0.113. The van der Waals surface area contributed by atoms with Crippen LogP contribution in [0.3, 0.4) is 0 Å². The third-order valence-electron chi connectivity index (χ3n) is 3.62. The maximum Gasteiger partial charge on any atom is 0.234 e. The van der Waals surface area contributed by atoms with Gasteiger partial charge in [-0.1, -0.05) is 45.9 Å². The fraction of sp³-hybridized carbons (Fsp3) is 0.167. The molecule has 1 amide bonds. The molecule has 0 aliphatic carbocycles. The number of aromatic nitrogens is 3. The number of carbonyl (C=O) groups excluding carboxylic acids is 1. The highest BCUT2D eigenvalue weighted by molar-refractivity contribution is 9.10. The smallest absolute Gasteiger partial charge is 0.234 e. The van der Waals surface area contributed by atoms with Crippen molar-refractivity contribution in [3.8, 4) is 11.4 Å². The minimum Gasteiger partial charge on any atom is -0.325 e. The Morgan fingerprint density at radius 2 is 1.96 bits per heavy atom. The lowest BCUT2D eigenvalue weighted by atomic mass is 10.2. The Morgan fingerprint density at radius 3 is 2.69 bits per heavy atom. The zero-order chi connectivity index (χ0) is 18.5. The van der Waals surface area contributed by atoms with Gasteiger partial charge < -0.3 is 9.88 Å². The van der Waals surface area contributed by atoms with Gasteiger partial charge in [-0.3, -0.25) is 4.79 Å². The Hall–Kier alpha value is -1.77. The van der Waals surface area contributed by atoms with E-state index in [1.54, 1.807) is 11.8 Å². The predicted molar refractivity (Wildman–Crippen MR) is 112 cm³/mol. The molecular formula is C18H17BrN4OS2. The van der Waals surface area contributed by atoms with Crippen LogP contribution in [0.15, 0.2) is 63.1 Å². The lowest BCUT2D eigenvalue weighted by Gasteiger charge is -2.07. The number of carbonyl (C=O) groups is 1. The van der Waals surface area contributed by atoms with Crippen LogP contribution >= 0.6 is 39.5 Å². The molecule has 1 heterocycles. The Kier molecular flexibility index (Phi) is 6.39. The Bertz CT molecular complexity index is 912. The van der Waals surface area contributed by atoms with Crippen LogP contribution in [0.5, 0.6) is 0 Å². The zero-order valence-electron chi connectivity index (χ0n) is 14.3. The third kappa shape index (κ3) is 4.69. The Balaban J connectivity index is 1.62. The van der Waals surface area contributed by atoms with E-state index in [2.05, 4.69) is 31.4 Å². The topological polar surface area (TPSA) is 59.8 Å². The number of nitrogens with one attached hydrogen (secondary N) is 1. The average molecular weight is 449 g/mol. The van der Waals surface area contributed by atoms with E-state index < -0.39 is 0 Å².